The van der Waals surface area contributed by atoms with Crippen molar-refractivity contribution in [1.82, 2.24) is 0 Å². The maximum absolute atomic E-state index is 14.0. The first-order valence-corrected chi connectivity index (χ1v) is 8.15. The normalized spacial score (nSPS) is 11.7. The van der Waals surface area contributed by atoms with Gasteiger partial charge in [-0.25, -0.2) is 4.39 Å². The zero-order chi connectivity index (χ0) is 15.5. The Bertz CT molecular complexity index is 606. The van der Waals surface area contributed by atoms with Crippen molar-refractivity contribution in [2.24, 2.45) is 0 Å². The molecule has 0 bridgehead atoms. The van der Waals surface area contributed by atoms with Crippen LogP contribution >= 0.6 is 46.4 Å². The predicted molar refractivity (Wildman–Crippen MR) is 89.7 cm³/mol. The van der Waals surface area contributed by atoms with Crippen LogP contribution in [0.25, 0.3) is 0 Å². The largest absolute Gasteiger partial charge is 0.207 e. The van der Waals surface area contributed by atoms with Gasteiger partial charge in [0.05, 0.1) is 0 Å². The third-order valence-electron chi connectivity index (χ3n) is 3.51. The van der Waals surface area contributed by atoms with E-state index in [1.165, 1.54) is 6.07 Å². The zero-order valence-corrected chi connectivity index (χ0v) is 14.1. The van der Waals surface area contributed by atoms with Gasteiger partial charge in [-0.15, -0.1) is 23.2 Å². The summed E-state index contributed by atoms with van der Waals surface area (Å²) in [5.41, 5.74) is 0.921. The van der Waals surface area contributed by atoms with Gasteiger partial charge in [0.1, 0.15) is 5.82 Å². The molecule has 0 fully saturated rings. The molecular weight excluding hydrogens is 353 g/mol. The topological polar surface area (TPSA) is 0 Å². The average molecular weight is 366 g/mol. The molecule has 112 valence electrons. The molecule has 0 radical (unpaired) electrons. The molecule has 21 heavy (non-hydrogen) atoms. The minimum absolute atomic E-state index is 0.278. The fourth-order valence-electron chi connectivity index (χ4n) is 2.22. The van der Waals surface area contributed by atoms with Gasteiger partial charge in [0.15, 0.2) is 0 Å². The smallest absolute Gasteiger partial charge is 0.127 e. The average Bonchev–Trinajstić information content (AvgIpc) is 2.48. The summed E-state index contributed by atoms with van der Waals surface area (Å²) in [6.07, 6.45) is 0.393. The molecule has 0 aliphatic carbocycles. The summed E-state index contributed by atoms with van der Waals surface area (Å²) in [6, 6.07) is 11.9. The van der Waals surface area contributed by atoms with E-state index in [9.17, 15) is 4.39 Å². The lowest BCUT2D eigenvalue weighted by Crippen LogP contribution is -2.33. The molecule has 0 unspecified atom stereocenters. The lowest BCUT2D eigenvalue weighted by atomic mass is 9.78. The Labute approximate surface area is 143 Å². The summed E-state index contributed by atoms with van der Waals surface area (Å²) in [5, 5.41) is 1.000. The first-order chi connectivity index (χ1) is 10.0. The zero-order valence-electron chi connectivity index (χ0n) is 11.1. The van der Waals surface area contributed by atoms with Crippen molar-refractivity contribution >= 4 is 46.4 Å². The van der Waals surface area contributed by atoms with E-state index in [0.29, 0.717) is 22.0 Å². The molecule has 2 rings (SSSR count). The van der Waals surface area contributed by atoms with Crippen molar-refractivity contribution in [1.29, 1.82) is 0 Å². The molecule has 0 saturated heterocycles. The van der Waals surface area contributed by atoms with Crippen molar-refractivity contribution in [3.8, 4) is 0 Å². The van der Waals surface area contributed by atoms with Crippen molar-refractivity contribution < 1.29 is 4.39 Å². The van der Waals surface area contributed by atoms with Crippen LogP contribution in [0.15, 0.2) is 42.5 Å². The third kappa shape index (κ3) is 3.84. The SMILES string of the molecule is Fc1cc(Cl)ccc1CC(CCl)(CCl)c1ccc(Cl)cc1. The monoisotopic (exact) mass is 364 g/mol. The number of alkyl halides is 2. The van der Waals surface area contributed by atoms with E-state index in [4.69, 9.17) is 46.4 Å². The van der Waals surface area contributed by atoms with E-state index in [1.54, 1.807) is 24.3 Å². The maximum Gasteiger partial charge on any atom is 0.127 e. The van der Waals surface area contributed by atoms with E-state index in [0.717, 1.165) is 5.56 Å². The molecule has 2 aromatic carbocycles. The quantitative estimate of drug-likeness (QED) is 0.562. The molecule has 0 saturated carbocycles. The fraction of sp³-hybridized carbons (Fsp3) is 0.250. The second-order valence-electron chi connectivity index (χ2n) is 4.97. The van der Waals surface area contributed by atoms with Crippen LogP contribution in [0.5, 0.6) is 0 Å². The Balaban J connectivity index is 2.40. The van der Waals surface area contributed by atoms with Crippen molar-refractivity contribution in [2.75, 3.05) is 11.8 Å². The first-order valence-electron chi connectivity index (χ1n) is 6.33. The molecule has 5 heteroatoms. The van der Waals surface area contributed by atoms with Gasteiger partial charge in [-0.2, -0.15) is 0 Å². The fourth-order valence-corrected chi connectivity index (χ4v) is 3.29. The van der Waals surface area contributed by atoms with Gasteiger partial charge >= 0.3 is 0 Å². The van der Waals surface area contributed by atoms with Crippen LogP contribution in [0.1, 0.15) is 11.1 Å². The Morgan fingerprint density at radius 1 is 0.857 bits per heavy atom. The van der Waals surface area contributed by atoms with Gasteiger partial charge in [0, 0.05) is 27.2 Å². The Kier molecular flexibility index (Phi) is 5.79. The van der Waals surface area contributed by atoms with E-state index in [2.05, 4.69) is 0 Å². The molecule has 0 atom stereocenters. The van der Waals surface area contributed by atoms with Crippen LogP contribution in [0, 0.1) is 5.82 Å². The standard InChI is InChI=1S/C16H13Cl4F/c17-9-16(10-18,12-2-5-13(19)6-3-12)8-11-1-4-14(20)7-15(11)21/h1-7H,8-10H2. The van der Waals surface area contributed by atoms with Crippen molar-refractivity contribution in [2.45, 2.75) is 11.8 Å². The molecule has 0 heterocycles. The van der Waals surface area contributed by atoms with Crippen LogP contribution in [0.4, 0.5) is 4.39 Å². The van der Waals surface area contributed by atoms with Gasteiger partial charge in [0.25, 0.3) is 0 Å². The molecule has 0 amide bonds. The highest BCUT2D eigenvalue weighted by molar-refractivity contribution is 6.30. The number of halogens is 5. The number of rotatable bonds is 5. The second-order valence-corrected chi connectivity index (χ2v) is 6.37. The molecular formula is C16H13Cl4F. The summed E-state index contributed by atoms with van der Waals surface area (Å²) < 4.78 is 14.0. The van der Waals surface area contributed by atoms with Crippen LogP contribution in [0.2, 0.25) is 10.0 Å². The minimum Gasteiger partial charge on any atom is -0.207 e. The van der Waals surface area contributed by atoms with E-state index in [-0.39, 0.29) is 17.6 Å². The lowest BCUT2D eigenvalue weighted by molar-refractivity contribution is 0.512. The molecule has 0 aromatic heterocycles. The van der Waals surface area contributed by atoms with Gasteiger partial charge in [-0.1, -0.05) is 41.4 Å². The summed E-state index contributed by atoms with van der Waals surface area (Å²) in [5.74, 6) is 0.205. The highest BCUT2D eigenvalue weighted by Gasteiger charge is 2.32. The van der Waals surface area contributed by atoms with Crippen molar-refractivity contribution in [3.05, 3.63) is 69.5 Å². The Morgan fingerprint density at radius 2 is 1.43 bits per heavy atom. The third-order valence-corrected chi connectivity index (χ3v) is 5.02. The number of hydrogen-bond acceptors (Lipinski definition) is 0. The van der Waals surface area contributed by atoms with Crippen LogP contribution in [-0.2, 0) is 11.8 Å². The first kappa shape index (κ1) is 16.9. The van der Waals surface area contributed by atoms with E-state index >= 15 is 0 Å². The highest BCUT2D eigenvalue weighted by atomic mass is 35.5. The molecule has 2 aromatic rings. The molecule has 0 N–H and O–H groups in total. The number of hydrogen-bond donors (Lipinski definition) is 0. The molecule has 0 aliphatic rings. The Hall–Kier alpha value is -0.470. The van der Waals surface area contributed by atoms with E-state index < -0.39 is 5.41 Å². The van der Waals surface area contributed by atoms with Crippen molar-refractivity contribution in [3.63, 3.8) is 0 Å². The minimum atomic E-state index is -0.553. The molecule has 0 aliphatic heterocycles. The summed E-state index contributed by atoms with van der Waals surface area (Å²) >= 11 is 24.0. The van der Waals surface area contributed by atoms with Crippen LogP contribution in [0.3, 0.4) is 0 Å². The maximum atomic E-state index is 14.0. The van der Waals surface area contributed by atoms with Gasteiger partial charge in [-0.05, 0) is 41.8 Å². The van der Waals surface area contributed by atoms with Crippen LogP contribution in [-0.4, -0.2) is 11.8 Å². The summed E-state index contributed by atoms with van der Waals surface area (Å²) in [6.45, 7) is 0. The molecule has 0 nitrogen and oxygen atoms in total. The summed E-state index contributed by atoms with van der Waals surface area (Å²) in [4.78, 5) is 0. The second kappa shape index (κ2) is 7.19. The van der Waals surface area contributed by atoms with E-state index in [1.807, 2.05) is 12.1 Å². The highest BCUT2D eigenvalue weighted by Crippen LogP contribution is 2.33. The summed E-state index contributed by atoms with van der Waals surface area (Å²) in [7, 11) is 0. The molecule has 0 spiro atoms. The number of benzene rings is 2. The van der Waals surface area contributed by atoms with Gasteiger partial charge in [-0.3, -0.25) is 0 Å². The van der Waals surface area contributed by atoms with Crippen LogP contribution < -0.4 is 0 Å². The van der Waals surface area contributed by atoms with Gasteiger partial charge in [0.2, 0.25) is 0 Å². The lowest BCUT2D eigenvalue weighted by Gasteiger charge is -2.30. The Morgan fingerprint density at radius 3 is 1.95 bits per heavy atom. The van der Waals surface area contributed by atoms with Gasteiger partial charge < -0.3 is 0 Å². The predicted octanol–water partition coefficient (Wildman–Crippen LogP) is 6.09.